The fourth-order valence-electron chi connectivity index (χ4n) is 2.38. The average molecular weight is 352 g/mol. The summed E-state index contributed by atoms with van der Waals surface area (Å²) in [5.74, 6) is 0.256. The molecule has 0 spiro atoms. The summed E-state index contributed by atoms with van der Waals surface area (Å²) in [6, 6.07) is 4.34. The van der Waals surface area contributed by atoms with Crippen LogP contribution >= 0.6 is 0 Å². The third kappa shape index (κ3) is 3.20. The number of aromatic nitrogens is 4. The third-order valence-electron chi connectivity index (χ3n) is 3.74. The molecule has 0 aliphatic rings. The van der Waals surface area contributed by atoms with E-state index in [-0.39, 0.29) is 35.3 Å². The second-order valence-electron chi connectivity index (χ2n) is 5.53. The van der Waals surface area contributed by atoms with E-state index >= 15 is 0 Å². The Morgan fingerprint density at radius 1 is 1.40 bits per heavy atom. The van der Waals surface area contributed by atoms with E-state index in [1.54, 1.807) is 6.92 Å². The van der Waals surface area contributed by atoms with Crippen LogP contribution in [-0.4, -0.2) is 31.5 Å². The zero-order valence-electron chi connectivity index (χ0n) is 13.1. The smallest absolute Gasteiger partial charge is 0.394 e. The highest BCUT2D eigenvalue weighted by molar-refractivity contribution is 5.87. The van der Waals surface area contributed by atoms with Gasteiger partial charge in [-0.05, 0) is 25.1 Å². The largest absolute Gasteiger partial charge is 0.416 e. The van der Waals surface area contributed by atoms with Gasteiger partial charge in [0, 0.05) is 5.69 Å². The van der Waals surface area contributed by atoms with Crippen LogP contribution < -0.4 is 10.8 Å². The maximum Gasteiger partial charge on any atom is 0.416 e. The number of aliphatic hydroxyl groups is 1. The Bertz CT molecular complexity index is 962. The predicted octanol–water partition coefficient (Wildman–Crippen LogP) is 2.55. The van der Waals surface area contributed by atoms with E-state index in [0.717, 1.165) is 12.1 Å². The van der Waals surface area contributed by atoms with Gasteiger partial charge in [0.1, 0.15) is 16.7 Å². The van der Waals surface area contributed by atoms with Crippen LogP contribution in [0.4, 0.5) is 24.7 Å². The molecule has 0 saturated carbocycles. The standard InChI is InChI=1S/C15H15F3N6O/c1-8(6-25)24-7-20-13-11(12(24)19)14(23-22-13)21-10-4-2-3-9(5-10)15(16,17)18/h2-5,7-8,19,25H,6H2,1H3,(H2,21,22,23). The minimum atomic E-state index is -4.45. The average Bonchev–Trinajstić information content (AvgIpc) is 2.98. The maximum atomic E-state index is 12.8. The van der Waals surface area contributed by atoms with Gasteiger partial charge in [-0.25, -0.2) is 4.98 Å². The number of nitrogens with one attached hydrogen (secondary N) is 3. The molecular weight excluding hydrogens is 337 g/mol. The number of rotatable bonds is 4. The highest BCUT2D eigenvalue weighted by atomic mass is 19.4. The van der Waals surface area contributed by atoms with Crippen LogP contribution in [0.25, 0.3) is 11.0 Å². The Kier molecular flexibility index (Phi) is 4.21. The van der Waals surface area contributed by atoms with Gasteiger partial charge in [-0.15, -0.1) is 0 Å². The summed E-state index contributed by atoms with van der Waals surface area (Å²) >= 11 is 0. The second kappa shape index (κ2) is 6.20. The summed E-state index contributed by atoms with van der Waals surface area (Å²) < 4.78 is 39.9. The molecule has 1 aromatic carbocycles. The zero-order chi connectivity index (χ0) is 18.2. The maximum absolute atomic E-state index is 12.8. The summed E-state index contributed by atoms with van der Waals surface area (Å²) in [4.78, 5) is 4.10. The number of alkyl halides is 3. The normalized spacial score (nSPS) is 13.2. The molecule has 132 valence electrons. The van der Waals surface area contributed by atoms with Gasteiger partial charge in [0.05, 0.1) is 24.5 Å². The summed E-state index contributed by atoms with van der Waals surface area (Å²) in [6.45, 7) is 1.53. The molecule has 2 aromatic heterocycles. The molecule has 1 atom stereocenters. The fourth-order valence-corrected chi connectivity index (χ4v) is 2.38. The van der Waals surface area contributed by atoms with Crippen molar-refractivity contribution in [2.45, 2.75) is 19.1 Å². The van der Waals surface area contributed by atoms with Gasteiger partial charge < -0.3 is 15.0 Å². The molecule has 3 rings (SSSR count). The zero-order valence-corrected chi connectivity index (χ0v) is 13.1. The molecule has 0 bridgehead atoms. The van der Waals surface area contributed by atoms with Gasteiger partial charge in [-0.2, -0.15) is 18.3 Å². The molecule has 0 amide bonds. The number of aromatic amines is 1. The number of aliphatic hydroxyl groups excluding tert-OH is 1. The van der Waals surface area contributed by atoms with Crippen LogP contribution in [0.3, 0.4) is 0 Å². The minimum Gasteiger partial charge on any atom is -0.394 e. The predicted molar refractivity (Wildman–Crippen MR) is 84.3 cm³/mol. The molecule has 4 N–H and O–H groups in total. The van der Waals surface area contributed by atoms with Crippen LogP contribution in [0.5, 0.6) is 0 Å². The van der Waals surface area contributed by atoms with Crippen LogP contribution in [0.15, 0.2) is 30.6 Å². The highest BCUT2D eigenvalue weighted by Gasteiger charge is 2.30. The molecule has 0 fully saturated rings. The molecule has 0 aliphatic heterocycles. The molecular formula is C15H15F3N6O. The van der Waals surface area contributed by atoms with Crippen molar-refractivity contribution in [1.29, 1.82) is 5.41 Å². The number of halogens is 3. The lowest BCUT2D eigenvalue weighted by Gasteiger charge is -2.13. The minimum absolute atomic E-state index is 0.0368. The number of fused-ring (bicyclic) bond motifs is 1. The van der Waals surface area contributed by atoms with Crippen molar-refractivity contribution in [2.24, 2.45) is 0 Å². The van der Waals surface area contributed by atoms with E-state index in [4.69, 9.17) is 5.41 Å². The Labute approximate surface area is 139 Å². The van der Waals surface area contributed by atoms with E-state index in [0.29, 0.717) is 5.39 Å². The van der Waals surface area contributed by atoms with Gasteiger partial charge in [0.15, 0.2) is 5.65 Å². The van der Waals surface area contributed by atoms with E-state index in [1.165, 1.54) is 23.0 Å². The molecule has 0 saturated heterocycles. The van der Waals surface area contributed by atoms with E-state index in [1.807, 2.05) is 0 Å². The SMILES string of the molecule is CC(CO)n1cnc2n[nH]c(Nc3cccc(C(F)(F)F)c3)c2c1=N. The Balaban J connectivity index is 2.04. The van der Waals surface area contributed by atoms with Crippen molar-refractivity contribution >= 4 is 22.5 Å². The van der Waals surface area contributed by atoms with Crippen molar-refractivity contribution in [2.75, 3.05) is 11.9 Å². The monoisotopic (exact) mass is 352 g/mol. The molecule has 0 radical (unpaired) electrons. The van der Waals surface area contributed by atoms with E-state index < -0.39 is 11.7 Å². The van der Waals surface area contributed by atoms with Crippen molar-refractivity contribution in [3.8, 4) is 0 Å². The molecule has 3 aromatic rings. The van der Waals surface area contributed by atoms with Gasteiger partial charge in [0.25, 0.3) is 0 Å². The van der Waals surface area contributed by atoms with Crippen molar-refractivity contribution in [1.82, 2.24) is 19.7 Å². The molecule has 0 aliphatic carbocycles. The fraction of sp³-hybridized carbons (Fsp3) is 0.267. The van der Waals surface area contributed by atoms with Gasteiger partial charge in [0.2, 0.25) is 0 Å². The summed E-state index contributed by atoms with van der Waals surface area (Å²) in [5.41, 5.74) is -0.296. The van der Waals surface area contributed by atoms with Crippen LogP contribution in [0, 0.1) is 5.41 Å². The second-order valence-corrected chi connectivity index (χ2v) is 5.53. The first-order chi connectivity index (χ1) is 11.8. The van der Waals surface area contributed by atoms with Crippen LogP contribution in [0.2, 0.25) is 0 Å². The summed E-state index contributed by atoms with van der Waals surface area (Å²) in [5, 5.41) is 27.3. The number of hydrogen-bond donors (Lipinski definition) is 4. The molecule has 7 nitrogen and oxygen atoms in total. The Morgan fingerprint density at radius 2 is 2.16 bits per heavy atom. The first-order valence-corrected chi connectivity index (χ1v) is 7.36. The van der Waals surface area contributed by atoms with Crippen molar-refractivity contribution < 1.29 is 18.3 Å². The topological polar surface area (TPSA) is 103 Å². The molecule has 25 heavy (non-hydrogen) atoms. The van der Waals surface area contributed by atoms with Gasteiger partial charge in [-0.3, -0.25) is 10.5 Å². The first-order valence-electron chi connectivity index (χ1n) is 7.36. The Hall–Kier alpha value is -2.88. The van der Waals surface area contributed by atoms with Crippen LogP contribution in [-0.2, 0) is 6.18 Å². The quantitative estimate of drug-likeness (QED) is 0.579. The lowest BCUT2D eigenvalue weighted by Crippen LogP contribution is -2.25. The summed E-state index contributed by atoms with van der Waals surface area (Å²) in [7, 11) is 0. The van der Waals surface area contributed by atoms with E-state index in [9.17, 15) is 18.3 Å². The van der Waals surface area contributed by atoms with Gasteiger partial charge in [-0.1, -0.05) is 6.07 Å². The number of H-pyrrole nitrogens is 1. The van der Waals surface area contributed by atoms with Crippen LogP contribution in [0.1, 0.15) is 18.5 Å². The highest BCUT2D eigenvalue weighted by Crippen LogP contribution is 2.31. The molecule has 10 heteroatoms. The third-order valence-corrected chi connectivity index (χ3v) is 3.74. The summed E-state index contributed by atoms with van der Waals surface area (Å²) in [6.07, 6.45) is -3.06. The van der Waals surface area contributed by atoms with Crippen molar-refractivity contribution in [3.05, 3.63) is 41.6 Å². The number of anilines is 2. The number of nitrogens with zero attached hydrogens (tertiary/aromatic N) is 3. The lowest BCUT2D eigenvalue weighted by atomic mass is 10.2. The Morgan fingerprint density at radius 3 is 2.84 bits per heavy atom. The van der Waals surface area contributed by atoms with Gasteiger partial charge >= 0.3 is 6.18 Å². The number of benzene rings is 1. The molecule has 1 unspecified atom stereocenters. The lowest BCUT2D eigenvalue weighted by molar-refractivity contribution is -0.137. The molecule has 2 heterocycles. The van der Waals surface area contributed by atoms with Crippen molar-refractivity contribution in [3.63, 3.8) is 0 Å². The van der Waals surface area contributed by atoms with E-state index in [2.05, 4.69) is 20.5 Å². The number of hydrogen-bond acceptors (Lipinski definition) is 5. The first kappa shape index (κ1) is 17.0.